The highest BCUT2D eigenvalue weighted by Crippen LogP contribution is 2.22. The number of amides is 1. The molecule has 1 aromatic heterocycles. The molecule has 8 heteroatoms. The normalized spacial score (nSPS) is 10.6. The van der Waals surface area contributed by atoms with Gasteiger partial charge in [-0.25, -0.2) is 17.9 Å². The third-order valence-corrected chi connectivity index (χ3v) is 3.38. The largest absolute Gasteiger partial charge is 0.493 e. The molecule has 0 atom stereocenters. The van der Waals surface area contributed by atoms with Crippen LogP contribution in [0.15, 0.2) is 48.7 Å². The Hall–Kier alpha value is -3.29. The summed E-state index contributed by atoms with van der Waals surface area (Å²) in [5.41, 5.74) is 0.0505. The fraction of sp³-hybridized carbons (Fsp3) is 0.0588. The molecule has 1 heterocycles. The van der Waals surface area contributed by atoms with Crippen LogP contribution < -0.4 is 10.1 Å². The number of nitrogens with one attached hydrogen (secondary N) is 1. The van der Waals surface area contributed by atoms with Gasteiger partial charge in [0.2, 0.25) is 0 Å². The zero-order valence-electron chi connectivity index (χ0n) is 13.0. The molecular formula is C17H12F3N3O2. The van der Waals surface area contributed by atoms with Gasteiger partial charge in [0.15, 0.2) is 11.4 Å². The summed E-state index contributed by atoms with van der Waals surface area (Å²) in [6, 6.07) is 8.12. The number of halogens is 3. The second-order valence-corrected chi connectivity index (χ2v) is 5.05. The van der Waals surface area contributed by atoms with E-state index in [-0.39, 0.29) is 17.1 Å². The molecule has 1 N–H and O–H groups in total. The molecule has 0 unspecified atom stereocenters. The van der Waals surface area contributed by atoms with Crippen molar-refractivity contribution < 1.29 is 22.7 Å². The average Bonchev–Trinajstić information content (AvgIpc) is 3.03. The number of hydrogen-bond acceptors (Lipinski definition) is 3. The molecule has 25 heavy (non-hydrogen) atoms. The van der Waals surface area contributed by atoms with E-state index >= 15 is 0 Å². The van der Waals surface area contributed by atoms with Gasteiger partial charge in [-0.05, 0) is 36.4 Å². The number of carbonyl (C=O) groups excluding carboxylic acids is 1. The lowest BCUT2D eigenvalue weighted by molar-refractivity contribution is 0.101. The lowest BCUT2D eigenvalue weighted by atomic mass is 10.2. The summed E-state index contributed by atoms with van der Waals surface area (Å²) in [6.45, 7) is 0. The van der Waals surface area contributed by atoms with Crippen molar-refractivity contribution in [2.75, 3.05) is 12.4 Å². The molecule has 0 fully saturated rings. The third kappa shape index (κ3) is 3.47. The van der Waals surface area contributed by atoms with Crippen molar-refractivity contribution in [1.82, 2.24) is 9.78 Å². The molecule has 0 saturated carbocycles. The van der Waals surface area contributed by atoms with Crippen LogP contribution in [0.2, 0.25) is 0 Å². The predicted octanol–water partition coefficient (Wildman–Crippen LogP) is 3.55. The minimum absolute atomic E-state index is 0.124. The molecule has 3 rings (SSSR count). The van der Waals surface area contributed by atoms with Crippen LogP contribution in [-0.2, 0) is 0 Å². The molecule has 1 amide bonds. The molecule has 2 aromatic carbocycles. The van der Waals surface area contributed by atoms with E-state index < -0.39 is 23.4 Å². The van der Waals surface area contributed by atoms with E-state index in [9.17, 15) is 18.0 Å². The van der Waals surface area contributed by atoms with Gasteiger partial charge in [0.25, 0.3) is 5.91 Å². The van der Waals surface area contributed by atoms with Crippen LogP contribution in [0.25, 0.3) is 5.69 Å². The molecule has 128 valence electrons. The van der Waals surface area contributed by atoms with Crippen LogP contribution in [0, 0.1) is 17.5 Å². The van der Waals surface area contributed by atoms with E-state index in [1.54, 1.807) is 0 Å². The molecular weight excluding hydrogens is 335 g/mol. The van der Waals surface area contributed by atoms with Crippen molar-refractivity contribution in [2.24, 2.45) is 0 Å². The van der Waals surface area contributed by atoms with Crippen molar-refractivity contribution in [1.29, 1.82) is 0 Å². The first kappa shape index (κ1) is 16.6. The molecule has 0 bridgehead atoms. The third-order valence-electron chi connectivity index (χ3n) is 3.38. The summed E-state index contributed by atoms with van der Waals surface area (Å²) in [6.07, 6.45) is 1.42. The first-order valence-corrected chi connectivity index (χ1v) is 7.14. The van der Waals surface area contributed by atoms with E-state index in [0.717, 1.165) is 18.2 Å². The fourth-order valence-electron chi connectivity index (χ4n) is 2.17. The van der Waals surface area contributed by atoms with Gasteiger partial charge in [0.1, 0.15) is 17.5 Å². The number of methoxy groups -OCH3 is 1. The number of benzene rings is 2. The maximum Gasteiger partial charge on any atom is 0.280 e. The van der Waals surface area contributed by atoms with Gasteiger partial charge in [0, 0.05) is 6.07 Å². The second kappa shape index (κ2) is 6.68. The number of hydrogen-bond donors (Lipinski definition) is 1. The predicted molar refractivity (Wildman–Crippen MR) is 84.4 cm³/mol. The number of anilines is 1. The van der Waals surface area contributed by atoms with Crippen LogP contribution in [0.4, 0.5) is 18.9 Å². The van der Waals surface area contributed by atoms with Gasteiger partial charge in [-0.1, -0.05) is 0 Å². The van der Waals surface area contributed by atoms with Crippen molar-refractivity contribution in [2.45, 2.75) is 0 Å². The second-order valence-electron chi connectivity index (χ2n) is 5.05. The van der Waals surface area contributed by atoms with Crippen molar-refractivity contribution >= 4 is 11.6 Å². The fourth-order valence-corrected chi connectivity index (χ4v) is 2.17. The molecule has 5 nitrogen and oxygen atoms in total. The lowest BCUT2D eigenvalue weighted by Crippen LogP contribution is -2.15. The highest BCUT2D eigenvalue weighted by molar-refractivity contribution is 6.04. The Labute approximate surface area is 140 Å². The van der Waals surface area contributed by atoms with Crippen molar-refractivity contribution in [3.63, 3.8) is 0 Å². The minimum atomic E-state index is -0.785. The lowest BCUT2D eigenvalue weighted by Gasteiger charge is -2.06. The SMILES string of the molecule is COc1cn(-c2ccc(F)cc2)nc1C(=O)Nc1cc(F)ccc1F. The van der Waals surface area contributed by atoms with Gasteiger partial charge in [0.05, 0.1) is 24.7 Å². The van der Waals surface area contributed by atoms with Crippen LogP contribution in [0.3, 0.4) is 0 Å². The van der Waals surface area contributed by atoms with Gasteiger partial charge in [-0.3, -0.25) is 4.79 Å². The zero-order chi connectivity index (χ0) is 18.0. The number of ether oxygens (including phenoxy) is 1. The minimum Gasteiger partial charge on any atom is -0.493 e. The Morgan fingerprint density at radius 1 is 1.08 bits per heavy atom. The van der Waals surface area contributed by atoms with E-state index in [0.29, 0.717) is 5.69 Å². The van der Waals surface area contributed by atoms with Crippen LogP contribution in [-0.4, -0.2) is 22.8 Å². The molecule has 0 saturated heterocycles. The smallest absolute Gasteiger partial charge is 0.280 e. The summed E-state index contributed by atoms with van der Waals surface area (Å²) < 4.78 is 46.3. The Morgan fingerprint density at radius 3 is 2.44 bits per heavy atom. The standard InChI is InChI=1S/C17H12F3N3O2/c1-25-15-9-23(12-5-2-10(18)3-6-12)22-16(15)17(24)21-14-8-11(19)4-7-13(14)20/h2-9H,1H3,(H,21,24). The summed E-state index contributed by atoms with van der Waals surface area (Å²) in [7, 11) is 1.34. The van der Waals surface area contributed by atoms with E-state index in [4.69, 9.17) is 4.74 Å². The maximum atomic E-state index is 13.7. The summed E-state index contributed by atoms with van der Waals surface area (Å²) in [5, 5.41) is 6.32. The van der Waals surface area contributed by atoms with Crippen LogP contribution >= 0.6 is 0 Å². The van der Waals surface area contributed by atoms with E-state index in [1.165, 1.54) is 42.3 Å². The average molecular weight is 347 g/mol. The highest BCUT2D eigenvalue weighted by atomic mass is 19.1. The summed E-state index contributed by atoms with van der Waals surface area (Å²) in [4.78, 5) is 12.3. The van der Waals surface area contributed by atoms with Gasteiger partial charge in [-0.15, -0.1) is 0 Å². The number of nitrogens with zero attached hydrogens (tertiary/aromatic N) is 2. The molecule has 0 aliphatic rings. The zero-order valence-corrected chi connectivity index (χ0v) is 13.0. The van der Waals surface area contributed by atoms with Gasteiger partial charge >= 0.3 is 0 Å². The Bertz CT molecular complexity index is 923. The molecule has 0 spiro atoms. The Kier molecular flexibility index (Phi) is 4.42. The Morgan fingerprint density at radius 2 is 1.76 bits per heavy atom. The van der Waals surface area contributed by atoms with E-state index in [2.05, 4.69) is 10.4 Å². The van der Waals surface area contributed by atoms with Crippen molar-refractivity contribution in [3.8, 4) is 11.4 Å². The van der Waals surface area contributed by atoms with Crippen molar-refractivity contribution in [3.05, 3.63) is 71.8 Å². The van der Waals surface area contributed by atoms with Crippen LogP contribution in [0.1, 0.15) is 10.5 Å². The summed E-state index contributed by atoms with van der Waals surface area (Å²) >= 11 is 0. The first-order chi connectivity index (χ1) is 12.0. The van der Waals surface area contributed by atoms with Crippen LogP contribution in [0.5, 0.6) is 5.75 Å². The monoisotopic (exact) mass is 347 g/mol. The highest BCUT2D eigenvalue weighted by Gasteiger charge is 2.20. The molecule has 0 radical (unpaired) electrons. The number of carbonyl (C=O) groups is 1. The topological polar surface area (TPSA) is 56.2 Å². The molecule has 3 aromatic rings. The number of aromatic nitrogens is 2. The maximum absolute atomic E-state index is 13.7. The Balaban J connectivity index is 1.92. The molecule has 0 aliphatic heterocycles. The van der Waals surface area contributed by atoms with E-state index in [1.807, 2.05) is 0 Å². The quantitative estimate of drug-likeness (QED) is 0.785. The van der Waals surface area contributed by atoms with Gasteiger partial charge < -0.3 is 10.1 Å². The molecule has 0 aliphatic carbocycles. The summed E-state index contributed by atoms with van der Waals surface area (Å²) in [5.74, 6) is -2.55. The van der Waals surface area contributed by atoms with Gasteiger partial charge in [-0.2, -0.15) is 5.10 Å². The number of rotatable bonds is 4. The first-order valence-electron chi connectivity index (χ1n) is 7.14.